The van der Waals surface area contributed by atoms with Gasteiger partial charge in [-0.15, -0.1) is 0 Å². The number of aromatic nitrogens is 3. The van der Waals surface area contributed by atoms with Gasteiger partial charge in [0.05, 0.1) is 18.3 Å². The standard InChI is InChI=1S/C34H38FN7O4/c1-5-33(43)41-14-10-23(11-15-41)46-31-18-26-29(19-30(31)44-4)37-21-38-34(26)39-28-7-6-24(16-27(28)35)45-25-8-12-36-32(17-25)42-13-9-22(20-42)40(2)3/h5-8,12,16-19,21-23H,1,9-11,13-15,20H2,2-4H3,(H,37,38,39)/t22-/m1/s1. The topological polar surface area (TPSA) is 105 Å². The van der Waals surface area contributed by atoms with Crippen molar-refractivity contribution in [3.05, 3.63) is 73.5 Å². The summed E-state index contributed by atoms with van der Waals surface area (Å²) in [7, 11) is 5.75. The van der Waals surface area contributed by atoms with E-state index in [0.717, 1.165) is 25.3 Å². The second kappa shape index (κ2) is 13.6. The first-order valence-electron chi connectivity index (χ1n) is 15.3. The van der Waals surface area contributed by atoms with Crippen LogP contribution in [0.2, 0.25) is 0 Å². The Labute approximate surface area is 267 Å². The third-order valence-corrected chi connectivity index (χ3v) is 8.51. The minimum atomic E-state index is -0.502. The number of halogens is 1. The van der Waals surface area contributed by atoms with Gasteiger partial charge in [-0.3, -0.25) is 4.79 Å². The molecule has 1 amide bonds. The van der Waals surface area contributed by atoms with Crippen LogP contribution in [-0.2, 0) is 4.79 Å². The van der Waals surface area contributed by atoms with Crippen LogP contribution in [0.3, 0.4) is 0 Å². The third kappa shape index (κ3) is 6.81. The van der Waals surface area contributed by atoms with Crippen LogP contribution in [-0.4, -0.2) is 90.2 Å². The van der Waals surface area contributed by atoms with E-state index in [4.69, 9.17) is 14.2 Å². The number of methoxy groups -OCH3 is 1. The first kappa shape index (κ1) is 31.0. The predicted octanol–water partition coefficient (Wildman–Crippen LogP) is 5.40. The van der Waals surface area contributed by atoms with Crippen LogP contribution in [0.4, 0.5) is 21.7 Å². The van der Waals surface area contributed by atoms with E-state index in [2.05, 4.69) is 50.7 Å². The number of piperidine rings is 1. The smallest absolute Gasteiger partial charge is 0.245 e. The number of ether oxygens (including phenoxy) is 3. The summed E-state index contributed by atoms with van der Waals surface area (Å²) in [5.74, 6) is 2.66. The normalized spacial score (nSPS) is 16.9. The van der Waals surface area contributed by atoms with Gasteiger partial charge < -0.3 is 34.2 Å². The van der Waals surface area contributed by atoms with Gasteiger partial charge in [-0.25, -0.2) is 19.3 Å². The Bertz CT molecular complexity index is 1730. The molecule has 0 bridgehead atoms. The SMILES string of the molecule is C=CC(=O)N1CCC(Oc2cc3c(Nc4ccc(Oc5ccnc(N6CC[C@@H](N(C)C)C6)c5)cc4F)ncnc3cc2OC)CC1. The number of likely N-dealkylation sites (tertiary alicyclic amines) is 1. The quantitative estimate of drug-likeness (QED) is 0.230. The number of rotatable bonds is 10. The number of hydrogen-bond acceptors (Lipinski definition) is 10. The first-order chi connectivity index (χ1) is 22.3. The minimum absolute atomic E-state index is 0.0797. The highest BCUT2D eigenvalue weighted by molar-refractivity contribution is 5.93. The summed E-state index contributed by atoms with van der Waals surface area (Å²) in [5, 5.41) is 3.75. The molecule has 12 heteroatoms. The van der Waals surface area contributed by atoms with E-state index in [1.165, 1.54) is 18.5 Å². The zero-order valence-corrected chi connectivity index (χ0v) is 26.3. The van der Waals surface area contributed by atoms with Crippen LogP contribution in [0, 0.1) is 5.82 Å². The molecule has 1 N–H and O–H groups in total. The monoisotopic (exact) mass is 627 g/mol. The summed E-state index contributed by atoms with van der Waals surface area (Å²) >= 11 is 0. The number of anilines is 3. The molecule has 2 saturated heterocycles. The van der Waals surface area contributed by atoms with E-state index in [9.17, 15) is 4.79 Å². The van der Waals surface area contributed by atoms with Crippen molar-refractivity contribution < 1.29 is 23.4 Å². The molecule has 0 radical (unpaired) electrons. The van der Waals surface area contributed by atoms with Crippen molar-refractivity contribution in [1.82, 2.24) is 24.8 Å². The number of carbonyl (C=O) groups is 1. The molecule has 2 aromatic heterocycles. The molecule has 2 aromatic carbocycles. The van der Waals surface area contributed by atoms with Gasteiger partial charge in [0.15, 0.2) is 11.5 Å². The maximum atomic E-state index is 15.4. The van der Waals surface area contributed by atoms with Crippen LogP contribution >= 0.6 is 0 Å². The Morgan fingerprint density at radius 1 is 1.02 bits per heavy atom. The summed E-state index contributed by atoms with van der Waals surface area (Å²) in [5.41, 5.74) is 0.837. The highest BCUT2D eigenvalue weighted by Crippen LogP contribution is 2.37. The molecule has 2 fully saturated rings. The number of fused-ring (bicyclic) bond motifs is 1. The highest BCUT2D eigenvalue weighted by atomic mass is 19.1. The first-order valence-corrected chi connectivity index (χ1v) is 15.3. The summed E-state index contributed by atoms with van der Waals surface area (Å²) < 4.78 is 33.4. The minimum Gasteiger partial charge on any atom is -0.493 e. The van der Waals surface area contributed by atoms with Gasteiger partial charge in [0.1, 0.15) is 41.4 Å². The molecular formula is C34H38FN7O4. The fourth-order valence-corrected chi connectivity index (χ4v) is 5.85. The predicted molar refractivity (Wildman–Crippen MR) is 175 cm³/mol. The van der Waals surface area contributed by atoms with Gasteiger partial charge in [0.25, 0.3) is 0 Å². The molecule has 240 valence electrons. The third-order valence-electron chi connectivity index (χ3n) is 8.51. The van der Waals surface area contributed by atoms with E-state index in [-0.39, 0.29) is 17.7 Å². The highest BCUT2D eigenvalue weighted by Gasteiger charge is 2.26. The van der Waals surface area contributed by atoms with Gasteiger partial charge in [-0.1, -0.05) is 6.58 Å². The molecule has 2 aliphatic heterocycles. The molecule has 0 spiro atoms. The lowest BCUT2D eigenvalue weighted by Gasteiger charge is -2.31. The Balaban J connectivity index is 1.17. The van der Waals surface area contributed by atoms with Gasteiger partial charge in [0.2, 0.25) is 5.91 Å². The number of benzene rings is 2. The Kier molecular flexibility index (Phi) is 9.16. The van der Waals surface area contributed by atoms with Crippen molar-refractivity contribution >= 4 is 34.1 Å². The largest absolute Gasteiger partial charge is 0.493 e. The zero-order chi connectivity index (χ0) is 32.2. The van der Waals surface area contributed by atoms with Gasteiger partial charge >= 0.3 is 0 Å². The van der Waals surface area contributed by atoms with Crippen molar-refractivity contribution in [2.24, 2.45) is 0 Å². The van der Waals surface area contributed by atoms with Crippen LogP contribution in [0.5, 0.6) is 23.0 Å². The fourth-order valence-electron chi connectivity index (χ4n) is 5.85. The summed E-state index contributed by atoms with van der Waals surface area (Å²) in [6, 6.07) is 12.3. The number of nitrogens with one attached hydrogen (secondary N) is 1. The Hall–Kier alpha value is -4.97. The number of likely N-dealkylation sites (N-methyl/N-ethyl adjacent to an activating group) is 1. The Morgan fingerprint density at radius 2 is 1.83 bits per heavy atom. The number of amides is 1. The molecule has 4 aromatic rings. The van der Waals surface area contributed by atoms with E-state index < -0.39 is 5.82 Å². The number of nitrogens with zero attached hydrogens (tertiary/aromatic N) is 6. The van der Waals surface area contributed by atoms with Crippen molar-refractivity contribution in [2.45, 2.75) is 31.4 Å². The molecule has 1 atom stereocenters. The maximum Gasteiger partial charge on any atom is 0.245 e. The van der Waals surface area contributed by atoms with E-state index >= 15 is 4.39 Å². The van der Waals surface area contributed by atoms with Gasteiger partial charge in [-0.2, -0.15) is 0 Å². The second-order valence-electron chi connectivity index (χ2n) is 11.7. The van der Waals surface area contributed by atoms with E-state index in [1.54, 1.807) is 48.5 Å². The van der Waals surface area contributed by atoms with Crippen LogP contribution in [0.25, 0.3) is 10.9 Å². The molecule has 11 nitrogen and oxygen atoms in total. The lowest BCUT2D eigenvalue weighted by molar-refractivity contribution is -0.127. The summed E-state index contributed by atoms with van der Waals surface area (Å²) in [6.45, 7) is 6.55. The molecule has 6 rings (SSSR count). The summed E-state index contributed by atoms with van der Waals surface area (Å²) in [4.78, 5) is 31.5. The number of carbonyl (C=O) groups excluding carboxylic acids is 1. The van der Waals surface area contributed by atoms with Crippen molar-refractivity contribution in [3.8, 4) is 23.0 Å². The lowest BCUT2D eigenvalue weighted by atomic mass is 10.1. The van der Waals surface area contributed by atoms with Crippen molar-refractivity contribution in [2.75, 3.05) is 57.6 Å². The molecular weight excluding hydrogens is 589 g/mol. The van der Waals surface area contributed by atoms with Crippen molar-refractivity contribution in [3.63, 3.8) is 0 Å². The van der Waals surface area contributed by atoms with Crippen LogP contribution in [0.15, 0.2) is 67.6 Å². The molecule has 0 unspecified atom stereocenters. The molecule has 0 aliphatic carbocycles. The van der Waals surface area contributed by atoms with Crippen LogP contribution < -0.4 is 24.4 Å². The average Bonchev–Trinajstić information content (AvgIpc) is 3.57. The second-order valence-corrected chi connectivity index (χ2v) is 11.7. The van der Waals surface area contributed by atoms with Gasteiger partial charge in [0, 0.05) is 74.8 Å². The Morgan fingerprint density at radius 3 is 2.54 bits per heavy atom. The van der Waals surface area contributed by atoms with E-state index in [1.807, 2.05) is 6.07 Å². The van der Waals surface area contributed by atoms with Crippen LogP contribution in [0.1, 0.15) is 19.3 Å². The fraction of sp³-hybridized carbons (Fsp3) is 0.353. The molecule has 0 saturated carbocycles. The summed E-state index contributed by atoms with van der Waals surface area (Å²) in [6.07, 6.45) is 6.76. The molecule has 2 aliphatic rings. The zero-order valence-electron chi connectivity index (χ0n) is 26.3. The number of hydrogen-bond donors (Lipinski definition) is 1. The maximum absolute atomic E-state index is 15.4. The average molecular weight is 628 g/mol. The number of pyridine rings is 1. The van der Waals surface area contributed by atoms with E-state index in [0.29, 0.717) is 71.7 Å². The van der Waals surface area contributed by atoms with Crippen molar-refractivity contribution in [1.29, 1.82) is 0 Å². The molecule has 4 heterocycles. The molecule has 46 heavy (non-hydrogen) atoms. The van der Waals surface area contributed by atoms with Gasteiger partial charge in [-0.05, 0) is 50.9 Å². The lowest BCUT2D eigenvalue weighted by Crippen LogP contribution is -2.41.